The van der Waals surface area contributed by atoms with Crippen molar-refractivity contribution in [1.29, 1.82) is 0 Å². The van der Waals surface area contributed by atoms with E-state index in [1.54, 1.807) is 0 Å². The van der Waals surface area contributed by atoms with Gasteiger partial charge in [-0.25, -0.2) is 0 Å². The number of aryl methyl sites for hydroxylation is 1. The highest BCUT2D eigenvalue weighted by atomic mass is 19.1. The van der Waals surface area contributed by atoms with Gasteiger partial charge in [-0.05, 0) is 113 Å². The molecule has 5 heteroatoms. The number of allylic oxidation sites excluding steroid dienone is 1. The van der Waals surface area contributed by atoms with Gasteiger partial charge in [-0.1, -0.05) is 24.3 Å². The first kappa shape index (κ1) is 23.8. The fourth-order valence-electron chi connectivity index (χ4n) is 5.92. The van der Waals surface area contributed by atoms with Gasteiger partial charge in [0.05, 0.1) is 6.67 Å². The molecule has 1 saturated heterocycles. The average Bonchev–Trinajstić information content (AvgIpc) is 3.53. The van der Waals surface area contributed by atoms with Gasteiger partial charge in [0.2, 0.25) is 0 Å². The minimum absolute atomic E-state index is 0.159. The molecule has 1 fully saturated rings. The molecule has 3 aromatic carbocycles. The summed E-state index contributed by atoms with van der Waals surface area (Å²) in [5.41, 5.74) is 15.9. The van der Waals surface area contributed by atoms with Crippen molar-refractivity contribution in [2.24, 2.45) is 0 Å². The summed E-state index contributed by atoms with van der Waals surface area (Å²) in [5.74, 6) is 0.887. The van der Waals surface area contributed by atoms with Gasteiger partial charge in [0.1, 0.15) is 11.9 Å². The lowest BCUT2D eigenvalue weighted by Gasteiger charge is -2.19. The Kier molecular flexibility index (Phi) is 6.71. The maximum atomic E-state index is 12.5. The van der Waals surface area contributed by atoms with E-state index in [1.165, 1.54) is 38.8 Å². The Hall–Kier alpha value is -3.57. The number of halogens is 1. The Balaban J connectivity index is 1.35. The molecule has 1 aliphatic heterocycles. The number of nitrogens with one attached hydrogen (secondary N) is 1. The summed E-state index contributed by atoms with van der Waals surface area (Å²) in [6, 6.07) is 23.7. The second-order valence-corrected chi connectivity index (χ2v) is 10.3. The predicted octanol–water partition coefficient (Wildman–Crippen LogP) is 6.86. The monoisotopic (exact) mass is 495 g/mol. The van der Waals surface area contributed by atoms with Crippen LogP contribution in [0.2, 0.25) is 0 Å². The smallest absolute Gasteiger partial charge is 0.119 e. The number of H-pyrrole nitrogens is 1. The Morgan fingerprint density at radius 1 is 0.973 bits per heavy atom. The van der Waals surface area contributed by atoms with E-state index in [0.29, 0.717) is 6.42 Å². The molecule has 6 rings (SSSR count). The third kappa shape index (κ3) is 5.01. The molecule has 2 aliphatic rings. The number of hydrogen-bond donors (Lipinski definition) is 2. The molecule has 1 atom stereocenters. The molecule has 2 heterocycles. The van der Waals surface area contributed by atoms with Crippen molar-refractivity contribution in [3.63, 3.8) is 0 Å². The largest absolute Gasteiger partial charge is 0.489 e. The second-order valence-electron chi connectivity index (χ2n) is 10.3. The van der Waals surface area contributed by atoms with E-state index in [0.717, 1.165) is 62.3 Å². The summed E-state index contributed by atoms with van der Waals surface area (Å²) in [4.78, 5) is 5.61. The van der Waals surface area contributed by atoms with Crippen molar-refractivity contribution < 1.29 is 9.13 Å². The standard InChI is InChI=1S/C32H34FN3O/c33-15-2-17-36-18-14-28(21-36)37-27-10-6-23(7-11-27)32-29(24-8-12-31-25(19-24)13-16-35-31)4-1-3-22-5-9-26(34)20-30(22)32/h5-13,16,19-20,28,35H,1-4,14-15,17-18,21,34H2/t28-/m0/s1. The van der Waals surface area contributed by atoms with Crippen molar-refractivity contribution in [3.05, 3.63) is 95.2 Å². The lowest BCUT2D eigenvalue weighted by molar-refractivity contribution is 0.198. The summed E-state index contributed by atoms with van der Waals surface area (Å²) in [7, 11) is 0. The highest BCUT2D eigenvalue weighted by molar-refractivity contribution is 6.01. The Labute approximate surface area is 217 Å². The van der Waals surface area contributed by atoms with Crippen LogP contribution in [0.25, 0.3) is 22.0 Å². The van der Waals surface area contributed by atoms with Crippen LogP contribution in [0.15, 0.2) is 72.9 Å². The van der Waals surface area contributed by atoms with Gasteiger partial charge in [0, 0.05) is 37.0 Å². The zero-order valence-electron chi connectivity index (χ0n) is 21.2. The number of aromatic amines is 1. The van der Waals surface area contributed by atoms with Crippen LogP contribution in [-0.2, 0) is 6.42 Å². The molecule has 0 spiro atoms. The summed E-state index contributed by atoms with van der Waals surface area (Å²) in [6.07, 6.45) is 6.89. The fourth-order valence-corrected chi connectivity index (χ4v) is 5.92. The van der Waals surface area contributed by atoms with Gasteiger partial charge in [0.25, 0.3) is 0 Å². The normalized spacial score (nSPS) is 18.2. The van der Waals surface area contributed by atoms with E-state index in [2.05, 4.69) is 70.5 Å². The summed E-state index contributed by atoms with van der Waals surface area (Å²) >= 11 is 0. The van der Waals surface area contributed by atoms with E-state index < -0.39 is 0 Å². The van der Waals surface area contributed by atoms with E-state index >= 15 is 0 Å². The van der Waals surface area contributed by atoms with Crippen LogP contribution < -0.4 is 10.5 Å². The molecule has 3 N–H and O–H groups in total. The zero-order chi connectivity index (χ0) is 25.2. The van der Waals surface area contributed by atoms with E-state index in [9.17, 15) is 4.39 Å². The van der Waals surface area contributed by atoms with E-state index in [4.69, 9.17) is 10.5 Å². The average molecular weight is 496 g/mol. The van der Waals surface area contributed by atoms with Crippen molar-refractivity contribution in [1.82, 2.24) is 9.88 Å². The molecule has 4 aromatic rings. The molecule has 1 aromatic heterocycles. The quantitative estimate of drug-likeness (QED) is 0.276. The molecule has 0 saturated carbocycles. The molecular weight excluding hydrogens is 461 g/mol. The summed E-state index contributed by atoms with van der Waals surface area (Å²) in [5, 5.41) is 1.22. The fraction of sp³-hybridized carbons (Fsp3) is 0.312. The van der Waals surface area contributed by atoms with Crippen LogP contribution in [0.1, 0.15) is 47.9 Å². The zero-order valence-corrected chi connectivity index (χ0v) is 21.2. The van der Waals surface area contributed by atoms with Gasteiger partial charge in [-0.2, -0.15) is 0 Å². The van der Waals surface area contributed by atoms with Crippen LogP contribution in [-0.4, -0.2) is 42.3 Å². The molecule has 0 unspecified atom stereocenters. The van der Waals surface area contributed by atoms with Crippen LogP contribution in [0, 0.1) is 0 Å². The summed E-state index contributed by atoms with van der Waals surface area (Å²) in [6.45, 7) is 2.40. The number of aromatic nitrogens is 1. The number of anilines is 1. The molecule has 1 aliphatic carbocycles. The van der Waals surface area contributed by atoms with Crippen molar-refractivity contribution >= 4 is 27.7 Å². The van der Waals surface area contributed by atoms with Crippen LogP contribution in [0.5, 0.6) is 5.75 Å². The number of nitrogens with zero attached hydrogens (tertiary/aromatic N) is 1. The van der Waals surface area contributed by atoms with E-state index in [-0.39, 0.29) is 12.8 Å². The van der Waals surface area contributed by atoms with Crippen LogP contribution >= 0.6 is 0 Å². The van der Waals surface area contributed by atoms with Gasteiger partial charge >= 0.3 is 0 Å². The number of nitrogens with two attached hydrogens (primary N) is 1. The van der Waals surface area contributed by atoms with Crippen LogP contribution in [0.3, 0.4) is 0 Å². The number of fused-ring (bicyclic) bond motifs is 2. The number of benzene rings is 3. The minimum atomic E-state index is -0.255. The number of alkyl halides is 1. The van der Waals surface area contributed by atoms with Crippen LogP contribution in [0.4, 0.5) is 10.1 Å². The number of nitrogen functional groups attached to an aromatic ring is 1. The lowest BCUT2D eigenvalue weighted by atomic mass is 9.87. The van der Waals surface area contributed by atoms with Gasteiger partial charge < -0.3 is 15.5 Å². The maximum absolute atomic E-state index is 12.5. The molecule has 37 heavy (non-hydrogen) atoms. The molecule has 0 amide bonds. The number of ether oxygens (including phenoxy) is 1. The third-order valence-electron chi connectivity index (χ3n) is 7.76. The Bertz CT molecular complexity index is 1420. The topological polar surface area (TPSA) is 54.3 Å². The first-order valence-corrected chi connectivity index (χ1v) is 13.4. The minimum Gasteiger partial charge on any atom is -0.489 e. The molecule has 4 nitrogen and oxygen atoms in total. The number of likely N-dealkylation sites (tertiary alicyclic amines) is 1. The first-order chi connectivity index (χ1) is 18.2. The van der Waals surface area contributed by atoms with Gasteiger partial charge in [0.15, 0.2) is 0 Å². The Morgan fingerprint density at radius 3 is 2.70 bits per heavy atom. The lowest BCUT2D eigenvalue weighted by Crippen LogP contribution is -2.26. The number of hydrogen-bond acceptors (Lipinski definition) is 3. The molecule has 0 bridgehead atoms. The Morgan fingerprint density at radius 2 is 1.84 bits per heavy atom. The third-order valence-corrected chi connectivity index (χ3v) is 7.76. The molecular formula is C32H34FN3O. The SMILES string of the molecule is Nc1ccc2c(c1)C(c1ccc(O[C@H]3CCN(CCCF)C3)cc1)=C(c1ccc3[nH]ccc3c1)CCC2. The molecule has 190 valence electrons. The van der Waals surface area contributed by atoms with Crippen molar-refractivity contribution in [2.75, 3.05) is 32.0 Å². The predicted molar refractivity (Wildman–Crippen MR) is 151 cm³/mol. The second kappa shape index (κ2) is 10.4. The summed E-state index contributed by atoms with van der Waals surface area (Å²) < 4.78 is 18.9. The maximum Gasteiger partial charge on any atom is 0.119 e. The molecule has 0 radical (unpaired) electrons. The highest BCUT2D eigenvalue weighted by Gasteiger charge is 2.24. The highest BCUT2D eigenvalue weighted by Crippen LogP contribution is 2.41. The number of rotatable bonds is 7. The van der Waals surface area contributed by atoms with Gasteiger partial charge in [-0.3, -0.25) is 9.29 Å². The van der Waals surface area contributed by atoms with E-state index in [1.807, 2.05) is 12.3 Å². The van der Waals surface area contributed by atoms with Crippen molar-refractivity contribution in [3.8, 4) is 5.75 Å². The van der Waals surface area contributed by atoms with Gasteiger partial charge in [-0.15, -0.1) is 0 Å². The first-order valence-electron chi connectivity index (χ1n) is 13.4. The van der Waals surface area contributed by atoms with Crippen molar-refractivity contribution in [2.45, 2.75) is 38.2 Å².